The largest absolute Gasteiger partial charge is 0.461 e. The lowest BCUT2D eigenvalue weighted by Gasteiger charge is -2.03. The maximum absolute atomic E-state index is 13.2. The van der Waals surface area contributed by atoms with Crippen LogP contribution < -0.4 is 0 Å². The van der Waals surface area contributed by atoms with Gasteiger partial charge in [-0.25, -0.2) is 4.39 Å². The summed E-state index contributed by atoms with van der Waals surface area (Å²) in [7, 11) is 0. The van der Waals surface area contributed by atoms with Crippen LogP contribution in [0.1, 0.15) is 16.1 Å². The molecule has 1 aromatic heterocycles. The molecule has 0 aliphatic heterocycles. The van der Waals surface area contributed by atoms with Crippen LogP contribution in [0.5, 0.6) is 0 Å². The van der Waals surface area contributed by atoms with Crippen molar-refractivity contribution in [1.29, 1.82) is 0 Å². The zero-order chi connectivity index (χ0) is 11.5. The van der Waals surface area contributed by atoms with E-state index in [9.17, 15) is 9.18 Å². The van der Waals surface area contributed by atoms with Crippen LogP contribution in [-0.4, -0.2) is 5.78 Å². The van der Waals surface area contributed by atoms with E-state index in [2.05, 4.69) is 15.9 Å². The second kappa shape index (κ2) is 4.61. The summed E-state index contributed by atoms with van der Waals surface area (Å²) in [6, 6.07) is 7.85. The quantitative estimate of drug-likeness (QED) is 0.805. The van der Waals surface area contributed by atoms with E-state index < -0.39 is 0 Å². The van der Waals surface area contributed by atoms with E-state index in [1.54, 1.807) is 24.3 Å². The van der Waals surface area contributed by atoms with Crippen molar-refractivity contribution >= 4 is 21.7 Å². The van der Waals surface area contributed by atoms with E-state index >= 15 is 0 Å². The monoisotopic (exact) mass is 282 g/mol. The number of Topliss-reactive ketones (excluding diaryl/α,β-unsaturated/α-hetero) is 1. The van der Waals surface area contributed by atoms with Gasteiger partial charge >= 0.3 is 0 Å². The molecule has 2 rings (SSSR count). The second-order valence-electron chi connectivity index (χ2n) is 3.29. The highest BCUT2D eigenvalue weighted by molar-refractivity contribution is 9.10. The summed E-state index contributed by atoms with van der Waals surface area (Å²) in [5, 5.41) is 0. The van der Waals surface area contributed by atoms with Crippen molar-refractivity contribution in [3.8, 4) is 0 Å². The molecule has 0 amide bonds. The molecular weight excluding hydrogens is 275 g/mol. The van der Waals surface area contributed by atoms with E-state index in [1.165, 1.54) is 12.3 Å². The molecule has 0 saturated heterocycles. The standard InChI is InChI=1S/C12H8BrFO2/c13-12-8(3-1-4-9(12)14)7-10(15)11-5-2-6-16-11/h1-6H,7H2. The first-order chi connectivity index (χ1) is 7.68. The van der Waals surface area contributed by atoms with Gasteiger partial charge in [0.2, 0.25) is 5.78 Å². The molecule has 0 aliphatic carbocycles. The smallest absolute Gasteiger partial charge is 0.202 e. The maximum Gasteiger partial charge on any atom is 0.202 e. The van der Waals surface area contributed by atoms with Gasteiger partial charge in [-0.2, -0.15) is 0 Å². The number of ketones is 1. The summed E-state index contributed by atoms with van der Waals surface area (Å²) in [6.07, 6.45) is 1.56. The number of hydrogen-bond donors (Lipinski definition) is 0. The molecule has 2 nitrogen and oxygen atoms in total. The molecule has 1 aromatic carbocycles. The lowest BCUT2D eigenvalue weighted by Crippen LogP contribution is -2.03. The van der Waals surface area contributed by atoms with Crippen molar-refractivity contribution in [1.82, 2.24) is 0 Å². The summed E-state index contributed by atoms with van der Waals surface area (Å²) >= 11 is 3.11. The van der Waals surface area contributed by atoms with Gasteiger partial charge in [-0.15, -0.1) is 0 Å². The Kier molecular flexibility index (Phi) is 3.19. The molecule has 0 saturated carbocycles. The zero-order valence-electron chi connectivity index (χ0n) is 8.24. The van der Waals surface area contributed by atoms with Crippen LogP contribution in [-0.2, 0) is 6.42 Å². The van der Waals surface area contributed by atoms with Crippen LogP contribution in [0, 0.1) is 5.82 Å². The van der Waals surface area contributed by atoms with Crippen LogP contribution in [0.15, 0.2) is 45.5 Å². The summed E-state index contributed by atoms with van der Waals surface area (Å²) in [5.41, 5.74) is 0.612. The molecule has 4 heteroatoms. The third-order valence-corrected chi connectivity index (χ3v) is 3.07. The maximum atomic E-state index is 13.2. The van der Waals surface area contributed by atoms with E-state index in [0.717, 1.165) is 0 Å². The molecule has 82 valence electrons. The van der Waals surface area contributed by atoms with E-state index in [1.807, 2.05) is 0 Å². The van der Waals surface area contributed by atoms with Gasteiger partial charge in [0.25, 0.3) is 0 Å². The minimum absolute atomic E-state index is 0.117. The SMILES string of the molecule is O=C(Cc1cccc(F)c1Br)c1ccco1. The Morgan fingerprint density at radius 1 is 1.31 bits per heavy atom. The van der Waals surface area contributed by atoms with Gasteiger partial charge in [-0.1, -0.05) is 12.1 Å². The Labute approximate surface area is 100 Å². The summed E-state index contributed by atoms with van der Waals surface area (Å²) < 4.78 is 18.5. The Bertz CT molecular complexity index is 506. The Hall–Kier alpha value is -1.42. The zero-order valence-corrected chi connectivity index (χ0v) is 9.83. The lowest BCUT2D eigenvalue weighted by molar-refractivity contribution is 0.0966. The topological polar surface area (TPSA) is 30.2 Å². The predicted molar refractivity (Wildman–Crippen MR) is 60.8 cm³/mol. The highest BCUT2D eigenvalue weighted by atomic mass is 79.9. The number of carbonyl (C=O) groups excluding carboxylic acids is 1. The van der Waals surface area contributed by atoms with Gasteiger partial charge in [0, 0.05) is 6.42 Å². The fourth-order valence-electron chi connectivity index (χ4n) is 1.38. The van der Waals surface area contributed by atoms with Gasteiger partial charge in [0.15, 0.2) is 5.76 Å². The molecule has 0 spiro atoms. The minimum Gasteiger partial charge on any atom is -0.461 e. The fourth-order valence-corrected chi connectivity index (χ4v) is 1.79. The molecule has 0 radical (unpaired) electrons. The third-order valence-electron chi connectivity index (χ3n) is 2.18. The average molecular weight is 283 g/mol. The normalized spacial score (nSPS) is 10.4. The first-order valence-corrected chi connectivity index (χ1v) is 5.47. The molecule has 2 aromatic rings. The number of carbonyl (C=O) groups is 1. The van der Waals surface area contributed by atoms with Crippen LogP contribution in [0.2, 0.25) is 0 Å². The van der Waals surface area contributed by atoms with E-state index in [4.69, 9.17) is 4.42 Å². The second-order valence-corrected chi connectivity index (χ2v) is 4.08. The number of hydrogen-bond acceptors (Lipinski definition) is 2. The molecule has 0 N–H and O–H groups in total. The highest BCUT2D eigenvalue weighted by Gasteiger charge is 2.13. The first-order valence-electron chi connectivity index (χ1n) is 4.68. The number of furan rings is 1. The van der Waals surface area contributed by atoms with Crippen molar-refractivity contribution in [3.63, 3.8) is 0 Å². The molecule has 0 bridgehead atoms. The van der Waals surface area contributed by atoms with Gasteiger partial charge in [0.1, 0.15) is 5.82 Å². The van der Waals surface area contributed by atoms with Crippen LogP contribution in [0.25, 0.3) is 0 Å². The molecule has 1 heterocycles. The van der Waals surface area contributed by atoms with Crippen molar-refractivity contribution in [2.24, 2.45) is 0 Å². The molecular formula is C12H8BrFO2. The van der Waals surface area contributed by atoms with Gasteiger partial charge < -0.3 is 4.42 Å². The molecule has 0 aliphatic rings. The van der Waals surface area contributed by atoms with E-state index in [0.29, 0.717) is 10.0 Å². The van der Waals surface area contributed by atoms with Crippen molar-refractivity contribution in [3.05, 3.63) is 58.2 Å². The van der Waals surface area contributed by atoms with Crippen molar-refractivity contribution < 1.29 is 13.6 Å². The highest BCUT2D eigenvalue weighted by Crippen LogP contribution is 2.21. The first kappa shape index (κ1) is 11.1. The van der Waals surface area contributed by atoms with Gasteiger partial charge in [-0.3, -0.25) is 4.79 Å². The number of benzene rings is 1. The lowest BCUT2D eigenvalue weighted by atomic mass is 10.1. The van der Waals surface area contributed by atoms with Crippen LogP contribution >= 0.6 is 15.9 Å². The summed E-state index contributed by atoms with van der Waals surface area (Å²) in [5.74, 6) is -0.253. The van der Waals surface area contributed by atoms with Crippen molar-refractivity contribution in [2.75, 3.05) is 0 Å². The summed E-state index contributed by atoms with van der Waals surface area (Å²) in [4.78, 5) is 11.7. The summed E-state index contributed by atoms with van der Waals surface area (Å²) in [6.45, 7) is 0. The van der Waals surface area contributed by atoms with Crippen LogP contribution in [0.4, 0.5) is 4.39 Å². The van der Waals surface area contributed by atoms with E-state index in [-0.39, 0.29) is 23.8 Å². The molecule has 16 heavy (non-hydrogen) atoms. The van der Waals surface area contributed by atoms with Crippen molar-refractivity contribution in [2.45, 2.75) is 6.42 Å². The Morgan fingerprint density at radius 3 is 2.81 bits per heavy atom. The average Bonchev–Trinajstić information content (AvgIpc) is 2.78. The third kappa shape index (κ3) is 2.22. The predicted octanol–water partition coefficient (Wildman–Crippen LogP) is 3.61. The number of halogens is 2. The minimum atomic E-state index is -0.371. The van der Waals surface area contributed by atoms with Gasteiger partial charge in [-0.05, 0) is 39.7 Å². The molecule has 0 fully saturated rings. The Balaban J connectivity index is 2.22. The van der Waals surface area contributed by atoms with Crippen LogP contribution in [0.3, 0.4) is 0 Å². The Morgan fingerprint density at radius 2 is 2.12 bits per heavy atom. The molecule has 0 unspecified atom stereocenters. The van der Waals surface area contributed by atoms with Gasteiger partial charge in [0.05, 0.1) is 10.7 Å². The molecule has 0 atom stereocenters. The number of rotatable bonds is 3. The fraction of sp³-hybridized carbons (Fsp3) is 0.0833.